The minimum atomic E-state index is -0.791. The molecule has 2 rings (SSSR count). The smallest absolute Gasteiger partial charge is 0.179 e. The Kier molecular flexibility index (Phi) is 5.36. The zero-order chi connectivity index (χ0) is 19.7. The van der Waals surface area contributed by atoms with Gasteiger partial charge in [0.1, 0.15) is 17.2 Å². The highest BCUT2D eigenvalue weighted by Gasteiger charge is 2.27. The van der Waals surface area contributed by atoms with E-state index in [1.807, 2.05) is 41.5 Å². The van der Waals surface area contributed by atoms with E-state index >= 15 is 0 Å². The van der Waals surface area contributed by atoms with E-state index in [-0.39, 0.29) is 22.3 Å². The van der Waals surface area contributed by atoms with Crippen molar-refractivity contribution in [3.05, 3.63) is 53.1 Å². The molecule has 0 aliphatic heterocycles. The number of aromatic hydroxyl groups is 2. The lowest BCUT2D eigenvalue weighted by Gasteiger charge is -2.28. The van der Waals surface area contributed by atoms with Crippen molar-refractivity contribution in [1.29, 1.82) is 0 Å². The van der Waals surface area contributed by atoms with E-state index in [1.165, 1.54) is 12.1 Å². The number of phenolic OH excluding ortho intramolecular Hbond substituents is 2. The number of ether oxygens (including phenoxy) is 1. The lowest BCUT2D eigenvalue weighted by molar-refractivity contribution is -0.113. The summed E-state index contributed by atoms with van der Waals surface area (Å²) < 4.78 is 5.96. The molecule has 1 atom stereocenters. The highest BCUT2D eigenvalue weighted by Crippen LogP contribution is 2.42. The van der Waals surface area contributed by atoms with Crippen LogP contribution in [0.15, 0.2) is 36.4 Å². The van der Waals surface area contributed by atoms with E-state index in [9.17, 15) is 15.0 Å². The molecule has 4 heteroatoms. The first-order valence-electron chi connectivity index (χ1n) is 8.72. The van der Waals surface area contributed by atoms with E-state index in [2.05, 4.69) is 0 Å². The molecular weight excluding hydrogens is 328 g/mol. The van der Waals surface area contributed by atoms with E-state index in [4.69, 9.17) is 4.74 Å². The van der Waals surface area contributed by atoms with E-state index in [0.29, 0.717) is 11.3 Å². The van der Waals surface area contributed by atoms with Crippen molar-refractivity contribution in [3.8, 4) is 17.2 Å². The summed E-state index contributed by atoms with van der Waals surface area (Å²) in [6.07, 6.45) is -0.0620. The lowest BCUT2D eigenvalue weighted by Crippen LogP contribution is -2.18. The van der Waals surface area contributed by atoms with Gasteiger partial charge in [-0.05, 0) is 40.7 Å². The Hall–Kier alpha value is -2.49. The molecule has 0 radical (unpaired) electrons. The van der Waals surface area contributed by atoms with Crippen molar-refractivity contribution in [3.63, 3.8) is 0 Å². The van der Waals surface area contributed by atoms with Crippen molar-refractivity contribution in [2.45, 2.75) is 58.5 Å². The summed E-state index contributed by atoms with van der Waals surface area (Å²) in [6, 6.07) is 9.94. The quantitative estimate of drug-likeness (QED) is 0.756. The number of phenols is 2. The molecule has 2 N–H and O–H groups in total. The summed E-state index contributed by atoms with van der Waals surface area (Å²) in [5.74, 6) is 0.931. The van der Waals surface area contributed by atoms with Crippen molar-refractivity contribution in [2.24, 2.45) is 0 Å². The lowest BCUT2D eigenvalue weighted by atomic mass is 9.79. The van der Waals surface area contributed by atoms with Crippen LogP contribution in [0.25, 0.3) is 0 Å². The number of aldehydes is 1. The number of carbonyl (C=O) groups is 1. The molecule has 0 aromatic heterocycles. The van der Waals surface area contributed by atoms with Crippen LogP contribution in [0.4, 0.5) is 0 Å². The Morgan fingerprint density at radius 2 is 1.35 bits per heavy atom. The second kappa shape index (κ2) is 7.02. The first-order valence-corrected chi connectivity index (χ1v) is 8.72. The monoisotopic (exact) mass is 356 g/mol. The normalized spacial score (nSPS) is 13.3. The fourth-order valence-electron chi connectivity index (χ4n) is 2.80. The molecule has 0 aliphatic rings. The van der Waals surface area contributed by atoms with Crippen molar-refractivity contribution in [2.75, 3.05) is 0 Å². The standard InChI is InChI=1S/C22H28O4/c1-21(2,3)17-11-16(12-18(20(17)25)22(4,5)6)26-19(13-23)14-7-9-15(24)10-8-14/h7-13,19,24-25H,1-6H3. The highest BCUT2D eigenvalue weighted by atomic mass is 16.5. The van der Waals surface area contributed by atoms with Gasteiger partial charge in [0.2, 0.25) is 0 Å². The Morgan fingerprint density at radius 3 is 1.73 bits per heavy atom. The fourth-order valence-corrected chi connectivity index (χ4v) is 2.80. The fraction of sp³-hybridized carbons (Fsp3) is 0.409. The number of carbonyl (C=O) groups excluding carboxylic acids is 1. The summed E-state index contributed by atoms with van der Waals surface area (Å²) in [5.41, 5.74) is 1.64. The van der Waals surface area contributed by atoms with Gasteiger partial charge in [-0.3, -0.25) is 4.79 Å². The Labute approximate surface area is 155 Å². The van der Waals surface area contributed by atoms with Gasteiger partial charge in [-0.25, -0.2) is 0 Å². The van der Waals surface area contributed by atoms with Gasteiger partial charge in [0.25, 0.3) is 0 Å². The molecule has 0 aliphatic carbocycles. The predicted octanol–water partition coefficient (Wildman–Crippen LogP) is 5.01. The van der Waals surface area contributed by atoms with Crippen LogP contribution in [0.3, 0.4) is 0 Å². The third-order valence-corrected chi connectivity index (χ3v) is 4.31. The number of benzene rings is 2. The molecule has 26 heavy (non-hydrogen) atoms. The van der Waals surface area contributed by atoms with Gasteiger partial charge >= 0.3 is 0 Å². The molecule has 0 spiro atoms. The van der Waals surface area contributed by atoms with Crippen molar-refractivity contribution >= 4 is 6.29 Å². The van der Waals surface area contributed by atoms with Crippen LogP contribution in [0, 0.1) is 0 Å². The van der Waals surface area contributed by atoms with Crippen molar-refractivity contribution in [1.82, 2.24) is 0 Å². The van der Waals surface area contributed by atoms with E-state index < -0.39 is 6.10 Å². The Bertz CT molecular complexity index is 742. The Morgan fingerprint density at radius 1 is 0.885 bits per heavy atom. The summed E-state index contributed by atoms with van der Waals surface area (Å²) >= 11 is 0. The number of hydrogen-bond donors (Lipinski definition) is 2. The molecule has 0 heterocycles. The third kappa shape index (κ3) is 4.37. The molecule has 0 amide bonds. The molecule has 0 saturated carbocycles. The molecule has 0 bridgehead atoms. The van der Waals surface area contributed by atoms with Gasteiger partial charge in [0.15, 0.2) is 12.4 Å². The zero-order valence-electron chi connectivity index (χ0n) is 16.3. The minimum absolute atomic E-state index is 0.132. The molecule has 0 saturated heterocycles. The molecular formula is C22H28O4. The largest absolute Gasteiger partial charge is 0.508 e. The van der Waals surface area contributed by atoms with Crippen LogP contribution < -0.4 is 4.74 Å². The van der Waals surface area contributed by atoms with Crippen LogP contribution >= 0.6 is 0 Å². The first kappa shape index (κ1) is 19.8. The van der Waals surface area contributed by atoms with Crippen LogP contribution in [-0.4, -0.2) is 16.5 Å². The van der Waals surface area contributed by atoms with Crippen LogP contribution in [0.5, 0.6) is 17.2 Å². The van der Waals surface area contributed by atoms with E-state index in [1.54, 1.807) is 24.3 Å². The van der Waals surface area contributed by atoms with Crippen LogP contribution in [0.1, 0.15) is 64.3 Å². The zero-order valence-corrected chi connectivity index (χ0v) is 16.3. The molecule has 2 aromatic rings. The maximum atomic E-state index is 11.6. The average Bonchev–Trinajstić information content (AvgIpc) is 2.52. The summed E-state index contributed by atoms with van der Waals surface area (Å²) in [6.45, 7) is 12.1. The predicted molar refractivity (Wildman–Crippen MR) is 103 cm³/mol. The number of rotatable bonds is 4. The highest BCUT2D eigenvalue weighted by molar-refractivity contribution is 5.61. The maximum absolute atomic E-state index is 11.6. The molecule has 140 valence electrons. The number of hydrogen-bond acceptors (Lipinski definition) is 4. The molecule has 2 aromatic carbocycles. The van der Waals surface area contributed by atoms with Gasteiger partial charge in [0, 0.05) is 11.1 Å². The molecule has 1 unspecified atom stereocenters. The summed E-state index contributed by atoms with van der Waals surface area (Å²) in [5, 5.41) is 20.2. The van der Waals surface area contributed by atoms with Crippen LogP contribution in [0.2, 0.25) is 0 Å². The molecule has 4 nitrogen and oxygen atoms in total. The van der Waals surface area contributed by atoms with Gasteiger partial charge in [-0.15, -0.1) is 0 Å². The molecule has 0 fully saturated rings. The second-order valence-corrected chi connectivity index (χ2v) is 8.63. The van der Waals surface area contributed by atoms with Gasteiger partial charge in [-0.2, -0.15) is 0 Å². The van der Waals surface area contributed by atoms with Gasteiger partial charge in [-0.1, -0.05) is 53.7 Å². The SMILES string of the molecule is CC(C)(C)c1cc(OC(C=O)c2ccc(O)cc2)cc(C(C)(C)C)c1O. The van der Waals surface area contributed by atoms with E-state index in [0.717, 1.165) is 17.4 Å². The Balaban J connectivity index is 2.51. The first-order chi connectivity index (χ1) is 11.9. The minimum Gasteiger partial charge on any atom is -0.508 e. The van der Waals surface area contributed by atoms with Crippen molar-refractivity contribution < 1.29 is 19.7 Å². The maximum Gasteiger partial charge on any atom is 0.179 e. The summed E-state index contributed by atoms with van der Waals surface area (Å²) in [7, 11) is 0. The summed E-state index contributed by atoms with van der Waals surface area (Å²) in [4.78, 5) is 11.6. The topological polar surface area (TPSA) is 66.8 Å². The van der Waals surface area contributed by atoms with Gasteiger partial charge < -0.3 is 14.9 Å². The van der Waals surface area contributed by atoms with Gasteiger partial charge in [0.05, 0.1) is 0 Å². The van der Waals surface area contributed by atoms with Crippen LogP contribution in [-0.2, 0) is 15.6 Å². The second-order valence-electron chi connectivity index (χ2n) is 8.63. The average molecular weight is 356 g/mol. The third-order valence-electron chi connectivity index (χ3n) is 4.31.